The van der Waals surface area contributed by atoms with E-state index >= 15 is 0 Å². The lowest BCUT2D eigenvalue weighted by molar-refractivity contribution is 1.36. The molecule has 2 aliphatic heterocycles. The van der Waals surface area contributed by atoms with E-state index in [2.05, 4.69) is 146 Å². The lowest BCUT2D eigenvalue weighted by Crippen LogP contribution is -2.01. The predicted molar refractivity (Wildman–Crippen MR) is 171 cm³/mol. The normalized spacial score (nSPS) is 12.2. The summed E-state index contributed by atoms with van der Waals surface area (Å²) in [5.74, 6) is 0. The zero-order chi connectivity index (χ0) is 27.6. The van der Waals surface area contributed by atoms with Crippen LogP contribution in [0.25, 0.3) is 55.6 Å². The van der Waals surface area contributed by atoms with Crippen LogP contribution in [0.1, 0.15) is 0 Å². The Kier molecular flexibility index (Phi) is 4.93. The number of para-hydroxylation sites is 1. The van der Waals surface area contributed by atoms with Crippen molar-refractivity contribution in [3.05, 3.63) is 167 Å². The molecule has 0 saturated heterocycles. The molecule has 194 valence electrons. The highest BCUT2D eigenvalue weighted by molar-refractivity contribution is 6.07. The minimum absolute atomic E-state index is 0.982. The van der Waals surface area contributed by atoms with Gasteiger partial charge in [0, 0.05) is 27.1 Å². The maximum Gasteiger partial charge on any atom is 0.0817 e. The third-order valence-electron chi connectivity index (χ3n) is 8.62. The predicted octanol–water partition coefficient (Wildman–Crippen LogP) is 9.28. The fraction of sp³-hybridized carbons (Fsp3) is 0. The van der Waals surface area contributed by atoms with Gasteiger partial charge in [-0.15, -0.1) is 0 Å². The first kappa shape index (κ1) is 23.1. The molecule has 0 N–H and O–H groups in total. The van der Waals surface area contributed by atoms with Crippen molar-refractivity contribution in [3.63, 3.8) is 0 Å². The Balaban J connectivity index is 1.40. The zero-order valence-electron chi connectivity index (χ0n) is 22.8. The van der Waals surface area contributed by atoms with Gasteiger partial charge in [-0.25, -0.2) is 9.98 Å². The molecule has 42 heavy (non-hydrogen) atoms. The second-order valence-corrected chi connectivity index (χ2v) is 10.9. The van der Waals surface area contributed by atoms with E-state index < -0.39 is 0 Å². The molecule has 0 bridgehead atoms. The third-order valence-corrected chi connectivity index (χ3v) is 8.62. The average Bonchev–Trinajstić information content (AvgIpc) is 3.69. The van der Waals surface area contributed by atoms with Crippen LogP contribution >= 0.6 is 0 Å². The number of nitrogens with zero attached hydrogens (tertiary/aromatic N) is 2. The highest BCUT2D eigenvalue weighted by atomic mass is 14.8. The van der Waals surface area contributed by atoms with Crippen LogP contribution in [0.3, 0.4) is 0 Å². The number of fused-ring (bicyclic) bond motifs is 7. The van der Waals surface area contributed by atoms with Crippen LogP contribution in [0.4, 0.5) is 11.4 Å². The summed E-state index contributed by atoms with van der Waals surface area (Å²) in [5, 5.41) is 4.36. The van der Waals surface area contributed by atoms with E-state index in [4.69, 9.17) is 9.98 Å². The van der Waals surface area contributed by atoms with Crippen molar-refractivity contribution in [2.75, 3.05) is 0 Å². The first-order valence-electron chi connectivity index (χ1n) is 14.4. The lowest BCUT2D eigenvalue weighted by Gasteiger charge is -2.19. The smallest absolute Gasteiger partial charge is 0.0817 e. The molecule has 0 spiro atoms. The molecule has 0 saturated carbocycles. The summed E-state index contributed by atoms with van der Waals surface area (Å²) in [7, 11) is 0. The molecule has 0 aromatic heterocycles. The minimum atomic E-state index is 0.982. The van der Waals surface area contributed by atoms with Gasteiger partial charge in [0.1, 0.15) is 0 Å². The lowest BCUT2D eigenvalue weighted by atomic mass is 9.83. The van der Waals surface area contributed by atoms with E-state index in [9.17, 15) is 0 Å². The van der Waals surface area contributed by atoms with Crippen molar-refractivity contribution in [1.29, 1.82) is 0 Å². The molecule has 9 rings (SSSR count). The van der Waals surface area contributed by atoms with Gasteiger partial charge in [0.05, 0.1) is 22.1 Å². The van der Waals surface area contributed by atoms with Gasteiger partial charge in [0.2, 0.25) is 0 Å². The molecule has 5 aromatic carbocycles. The summed E-state index contributed by atoms with van der Waals surface area (Å²) in [6.07, 6.45) is 0. The Labute approximate surface area is 243 Å². The van der Waals surface area contributed by atoms with Crippen LogP contribution in [0.2, 0.25) is 0 Å². The van der Waals surface area contributed by atoms with Crippen LogP contribution in [0.15, 0.2) is 156 Å². The maximum atomic E-state index is 5.18. The number of hydrogen-bond donors (Lipinski definition) is 0. The van der Waals surface area contributed by atoms with Crippen LogP contribution in [-0.4, -0.2) is 0 Å². The standard InChI is InChI=1S/C40H24N2/c1-3-11-25(12-4-1)28-21-23-35-38(39-36(41-35)24-22-33-31-16-9-10-18-34(31)42-40(33)39)37(28)32-17-8-7-15-29(32)30-20-19-26-13-5-2-6-14-27(26)30/h1-24H. The second-order valence-electron chi connectivity index (χ2n) is 10.9. The van der Waals surface area contributed by atoms with Crippen molar-refractivity contribution < 1.29 is 0 Å². The van der Waals surface area contributed by atoms with Gasteiger partial charge in [-0.3, -0.25) is 0 Å². The van der Waals surface area contributed by atoms with E-state index in [-0.39, 0.29) is 0 Å². The van der Waals surface area contributed by atoms with Crippen LogP contribution < -0.4 is 10.7 Å². The number of benzene rings is 5. The molecular weight excluding hydrogens is 508 g/mol. The molecule has 0 amide bonds. The van der Waals surface area contributed by atoms with Crippen molar-refractivity contribution in [2.24, 2.45) is 9.98 Å². The molecule has 2 nitrogen and oxygen atoms in total. The third kappa shape index (κ3) is 3.33. The van der Waals surface area contributed by atoms with E-state index in [1.54, 1.807) is 0 Å². The SMILES string of the molecule is c1ccc(-c2ccc3c(c2-c2ccccc2-c2ccc4cccccc2-4)-c2c4c(ccc2=N3)=c2ccccc2=N4)cc1. The fourth-order valence-electron chi connectivity index (χ4n) is 6.76. The van der Waals surface area contributed by atoms with Gasteiger partial charge < -0.3 is 0 Å². The van der Waals surface area contributed by atoms with Gasteiger partial charge in [-0.1, -0.05) is 121 Å². The van der Waals surface area contributed by atoms with Gasteiger partial charge in [-0.2, -0.15) is 0 Å². The van der Waals surface area contributed by atoms with Gasteiger partial charge in [-0.05, 0) is 63.2 Å². The molecule has 0 fully saturated rings. The second kappa shape index (κ2) is 8.95. The van der Waals surface area contributed by atoms with Crippen LogP contribution in [-0.2, 0) is 0 Å². The van der Waals surface area contributed by atoms with Crippen LogP contribution in [0, 0.1) is 10.4 Å². The first-order valence-corrected chi connectivity index (χ1v) is 14.4. The van der Waals surface area contributed by atoms with Crippen molar-refractivity contribution >= 4 is 11.4 Å². The van der Waals surface area contributed by atoms with Crippen molar-refractivity contribution in [2.45, 2.75) is 0 Å². The van der Waals surface area contributed by atoms with Crippen LogP contribution in [0.5, 0.6) is 0 Å². The summed E-state index contributed by atoms with van der Waals surface area (Å²) in [4.78, 5) is 10.4. The maximum absolute atomic E-state index is 5.18. The topological polar surface area (TPSA) is 24.7 Å². The molecule has 0 unspecified atom stereocenters. The average molecular weight is 533 g/mol. The Morgan fingerprint density at radius 3 is 1.81 bits per heavy atom. The Bertz CT molecular complexity index is 2400. The molecule has 5 aromatic rings. The quantitative estimate of drug-likeness (QED) is 0.217. The van der Waals surface area contributed by atoms with Gasteiger partial charge >= 0.3 is 0 Å². The largest absolute Gasteiger partial charge is 0.248 e. The zero-order valence-corrected chi connectivity index (χ0v) is 22.8. The van der Waals surface area contributed by atoms with E-state index in [1.165, 1.54) is 54.9 Å². The molecule has 2 heteroatoms. The molecule has 0 atom stereocenters. The fourth-order valence-corrected chi connectivity index (χ4v) is 6.76. The number of rotatable bonds is 3. The Hall–Kier alpha value is -5.60. The van der Waals surface area contributed by atoms with Gasteiger partial charge in [0.15, 0.2) is 0 Å². The van der Waals surface area contributed by atoms with Crippen molar-refractivity contribution in [1.82, 2.24) is 0 Å². The monoisotopic (exact) mass is 532 g/mol. The highest BCUT2D eigenvalue weighted by Crippen LogP contribution is 2.51. The summed E-state index contributed by atoms with van der Waals surface area (Å²) < 4.78 is 0. The van der Waals surface area contributed by atoms with Gasteiger partial charge in [0.25, 0.3) is 0 Å². The van der Waals surface area contributed by atoms with E-state index in [1.807, 2.05) is 0 Å². The summed E-state index contributed by atoms with van der Waals surface area (Å²) >= 11 is 0. The minimum Gasteiger partial charge on any atom is -0.248 e. The molecule has 4 aliphatic rings. The Morgan fingerprint density at radius 1 is 0.310 bits per heavy atom. The van der Waals surface area contributed by atoms with E-state index in [0.717, 1.165) is 33.2 Å². The molecule has 2 heterocycles. The summed E-state index contributed by atoms with van der Waals surface area (Å²) in [6, 6.07) is 52.0. The molecule has 0 radical (unpaired) electrons. The Morgan fingerprint density at radius 2 is 0.952 bits per heavy atom. The summed E-state index contributed by atoms with van der Waals surface area (Å²) in [6.45, 7) is 0. The summed E-state index contributed by atoms with van der Waals surface area (Å²) in [5.41, 5.74) is 14.0. The first-order chi connectivity index (χ1) is 20.8. The highest BCUT2D eigenvalue weighted by Gasteiger charge is 2.28. The molecule has 2 aliphatic carbocycles. The van der Waals surface area contributed by atoms with E-state index in [0.29, 0.717) is 0 Å². The van der Waals surface area contributed by atoms with Crippen molar-refractivity contribution in [3.8, 4) is 55.6 Å². The number of hydrogen-bond acceptors (Lipinski definition) is 2. The molecular formula is C40H24N2.